The van der Waals surface area contributed by atoms with Crippen molar-refractivity contribution in [1.82, 2.24) is 5.32 Å². The molecular weight excluding hydrogens is 253 g/mol. The molecule has 0 aromatic heterocycles. The van der Waals surface area contributed by atoms with E-state index in [1.54, 1.807) is 12.1 Å². The lowest BCUT2D eigenvalue weighted by atomic mass is 10.00. The molecule has 2 unspecified atom stereocenters. The molecule has 1 fully saturated rings. The maximum Gasteiger partial charge on any atom is 0.123 e. The molecule has 0 saturated carbocycles. The van der Waals surface area contributed by atoms with Gasteiger partial charge in [-0.3, -0.25) is 0 Å². The highest BCUT2D eigenvalue weighted by molar-refractivity contribution is 5.64. The minimum atomic E-state index is -0.211. The zero-order chi connectivity index (χ0) is 13.9. The summed E-state index contributed by atoms with van der Waals surface area (Å²) in [7, 11) is 0. The van der Waals surface area contributed by atoms with E-state index in [9.17, 15) is 4.39 Å². The van der Waals surface area contributed by atoms with Crippen LogP contribution in [0.2, 0.25) is 0 Å². The summed E-state index contributed by atoms with van der Waals surface area (Å²) in [6, 6.07) is 14.8. The topological polar surface area (TPSA) is 21.3 Å². The van der Waals surface area contributed by atoms with E-state index in [0.717, 1.165) is 29.8 Å². The molecule has 0 amide bonds. The second-order valence-electron chi connectivity index (χ2n) is 5.23. The van der Waals surface area contributed by atoms with Gasteiger partial charge in [-0.1, -0.05) is 30.3 Å². The zero-order valence-electron chi connectivity index (χ0n) is 11.5. The molecule has 3 heteroatoms. The molecule has 1 aliphatic heterocycles. The third-order valence-corrected chi connectivity index (χ3v) is 3.57. The summed E-state index contributed by atoms with van der Waals surface area (Å²) in [5.41, 5.74) is 3.04. The predicted molar refractivity (Wildman–Crippen MR) is 78.0 cm³/mol. The van der Waals surface area contributed by atoms with Gasteiger partial charge in [0.2, 0.25) is 0 Å². The van der Waals surface area contributed by atoms with Gasteiger partial charge in [0.15, 0.2) is 0 Å². The maximum atomic E-state index is 13.3. The van der Waals surface area contributed by atoms with Gasteiger partial charge >= 0.3 is 0 Å². The molecule has 2 nitrogen and oxygen atoms in total. The fraction of sp³-hybridized carbons (Fsp3) is 0.294. The monoisotopic (exact) mass is 271 g/mol. The number of hydrogen-bond donors (Lipinski definition) is 1. The number of ether oxygens (including phenoxy) is 1. The number of rotatable bonds is 2. The van der Waals surface area contributed by atoms with Crippen LogP contribution in [-0.2, 0) is 4.74 Å². The largest absolute Gasteiger partial charge is 0.368 e. The van der Waals surface area contributed by atoms with E-state index in [4.69, 9.17) is 4.74 Å². The Morgan fingerprint density at radius 1 is 1.05 bits per heavy atom. The van der Waals surface area contributed by atoms with Crippen molar-refractivity contribution in [2.45, 2.75) is 19.1 Å². The van der Waals surface area contributed by atoms with Crippen LogP contribution in [0, 0.1) is 5.82 Å². The van der Waals surface area contributed by atoms with Gasteiger partial charge in [0.05, 0.1) is 12.2 Å². The Balaban J connectivity index is 1.89. The number of morpholine rings is 1. The van der Waals surface area contributed by atoms with Crippen LogP contribution in [0.5, 0.6) is 0 Å². The Kier molecular flexibility index (Phi) is 3.81. The Morgan fingerprint density at radius 3 is 2.55 bits per heavy atom. The van der Waals surface area contributed by atoms with Gasteiger partial charge in [-0.2, -0.15) is 0 Å². The SMILES string of the molecule is CC1CNCC(c2cccc(-c3cccc(F)c3)c2)O1. The third-order valence-electron chi connectivity index (χ3n) is 3.57. The van der Waals surface area contributed by atoms with E-state index in [2.05, 4.69) is 24.4 Å². The highest BCUT2D eigenvalue weighted by atomic mass is 19.1. The van der Waals surface area contributed by atoms with Gasteiger partial charge in [0.25, 0.3) is 0 Å². The quantitative estimate of drug-likeness (QED) is 0.902. The van der Waals surface area contributed by atoms with Crippen LogP contribution < -0.4 is 5.32 Å². The van der Waals surface area contributed by atoms with Gasteiger partial charge in [-0.25, -0.2) is 4.39 Å². The average Bonchev–Trinajstić information content (AvgIpc) is 2.47. The molecule has 1 heterocycles. The molecule has 1 N–H and O–H groups in total. The smallest absolute Gasteiger partial charge is 0.123 e. The molecule has 0 spiro atoms. The first kappa shape index (κ1) is 13.3. The zero-order valence-corrected chi connectivity index (χ0v) is 11.5. The van der Waals surface area contributed by atoms with E-state index < -0.39 is 0 Å². The van der Waals surface area contributed by atoms with Crippen LogP contribution in [0.4, 0.5) is 4.39 Å². The molecule has 0 radical (unpaired) electrons. The van der Waals surface area contributed by atoms with Gasteiger partial charge in [0, 0.05) is 13.1 Å². The highest BCUT2D eigenvalue weighted by Crippen LogP contribution is 2.27. The van der Waals surface area contributed by atoms with Gasteiger partial charge < -0.3 is 10.1 Å². The summed E-state index contributed by atoms with van der Waals surface area (Å²) < 4.78 is 19.3. The Hall–Kier alpha value is -1.71. The Morgan fingerprint density at radius 2 is 1.80 bits per heavy atom. The van der Waals surface area contributed by atoms with Crippen LogP contribution >= 0.6 is 0 Å². The van der Waals surface area contributed by atoms with Crippen molar-refractivity contribution >= 4 is 0 Å². The normalized spacial score (nSPS) is 22.7. The predicted octanol–water partition coefficient (Wildman–Crippen LogP) is 3.54. The van der Waals surface area contributed by atoms with Gasteiger partial charge in [-0.05, 0) is 41.8 Å². The summed E-state index contributed by atoms with van der Waals surface area (Å²) >= 11 is 0. The van der Waals surface area contributed by atoms with Crippen molar-refractivity contribution in [2.75, 3.05) is 13.1 Å². The van der Waals surface area contributed by atoms with Crippen LogP contribution in [-0.4, -0.2) is 19.2 Å². The molecule has 2 aromatic carbocycles. The van der Waals surface area contributed by atoms with Gasteiger partial charge in [-0.15, -0.1) is 0 Å². The summed E-state index contributed by atoms with van der Waals surface area (Å²) in [4.78, 5) is 0. The molecule has 2 aromatic rings. The molecule has 104 valence electrons. The van der Waals surface area contributed by atoms with Crippen molar-refractivity contribution < 1.29 is 9.13 Å². The molecule has 20 heavy (non-hydrogen) atoms. The molecule has 2 atom stereocenters. The first-order chi connectivity index (χ1) is 9.72. The van der Waals surface area contributed by atoms with E-state index in [1.165, 1.54) is 6.07 Å². The third kappa shape index (κ3) is 2.89. The molecule has 0 aliphatic carbocycles. The lowest BCUT2D eigenvalue weighted by Crippen LogP contribution is -2.38. The fourth-order valence-corrected chi connectivity index (χ4v) is 2.58. The summed E-state index contributed by atoms with van der Waals surface area (Å²) in [6.07, 6.45) is 0.277. The summed E-state index contributed by atoms with van der Waals surface area (Å²) in [5.74, 6) is -0.211. The molecule has 1 saturated heterocycles. The van der Waals surface area contributed by atoms with Crippen molar-refractivity contribution in [3.05, 3.63) is 59.9 Å². The number of nitrogens with one attached hydrogen (secondary N) is 1. The van der Waals surface area contributed by atoms with Gasteiger partial charge in [0.1, 0.15) is 5.82 Å². The number of hydrogen-bond acceptors (Lipinski definition) is 2. The van der Waals surface area contributed by atoms with E-state index in [0.29, 0.717) is 0 Å². The maximum absolute atomic E-state index is 13.3. The van der Waals surface area contributed by atoms with E-state index in [-0.39, 0.29) is 18.0 Å². The standard InChI is InChI=1S/C17H18FNO/c1-12-10-19-11-17(20-12)15-6-2-4-13(8-15)14-5-3-7-16(18)9-14/h2-9,12,17,19H,10-11H2,1H3. The van der Waals surface area contributed by atoms with E-state index in [1.807, 2.05) is 18.2 Å². The van der Waals surface area contributed by atoms with Crippen LogP contribution in [0.1, 0.15) is 18.6 Å². The van der Waals surface area contributed by atoms with Crippen LogP contribution in [0.3, 0.4) is 0 Å². The van der Waals surface area contributed by atoms with Crippen LogP contribution in [0.25, 0.3) is 11.1 Å². The second-order valence-corrected chi connectivity index (χ2v) is 5.23. The van der Waals surface area contributed by atoms with Crippen molar-refractivity contribution in [3.63, 3.8) is 0 Å². The molecule has 3 rings (SSSR count). The number of halogens is 1. The van der Waals surface area contributed by atoms with Crippen molar-refractivity contribution in [3.8, 4) is 11.1 Å². The first-order valence-corrected chi connectivity index (χ1v) is 6.94. The fourth-order valence-electron chi connectivity index (χ4n) is 2.58. The molecule has 1 aliphatic rings. The van der Waals surface area contributed by atoms with Crippen LogP contribution in [0.15, 0.2) is 48.5 Å². The lowest BCUT2D eigenvalue weighted by Gasteiger charge is -2.29. The van der Waals surface area contributed by atoms with Crippen molar-refractivity contribution in [2.24, 2.45) is 0 Å². The summed E-state index contributed by atoms with van der Waals surface area (Å²) in [6.45, 7) is 3.77. The molecule has 0 bridgehead atoms. The Labute approximate surface area is 118 Å². The minimum absolute atomic E-state index is 0.0623. The first-order valence-electron chi connectivity index (χ1n) is 6.94. The van der Waals surface area contributed by atoms with Crippen molar-refractivity contribution in [1.29, 1.82) is 0 Å². The number of benzene rings is 2. The Bertz CT molecular complexity index is 599. The summed E-state index contributed by atoms with van der Waals surface area (Å²) in [5, 5.41) is 3.37. The van der Waals surface area contributed by atoms with E-state index >= 15 is 0 Å². The molecular formula is C17H18FNO. The minimum Gasteiger partial charge on any atom is -0.368 e. The lowest BCUT2D eigenvalue weighted by molar-refractivity contribution is -0.0286. The highest BCUT2D eigenvalue weighted by Gasteiger charge is 2.20. The average molecular weight is 271 g/mol. The second kappa shape index (κ2) is 5.73.